The minimum absolute atomic E-state index is 0.0653. The lowest BCUT2D eigenvalue weighted by Gasteiger charge is -2.64. The second-order valence-corrected chi connectivity index (χ2v) is 21.5. The predicted octanol–water partition coefficient (Wildman–Crippen LogP) is 7.14. The molecule has 52 heavy (non-hydrogen) atoms. The van der Waals surface area contributed by atoms with Gasteiger partial charge in [0, 0.05) is 50.3 Å². The van der Waals surface area contributed by atoms with E-state index in [1.54, 1.807) is 7.11 Å². The molecule has 2 N–H and O–H groups in total. The number of rotatable bonds is 12. The van der Waals surface area contributed by atoms with Gasteiger partial charge in [0.25, 0.3) is 0 Å². The maximum absolute atomic E-state index is 12.3. The van der Waals surface area contributed by atoms with Crippen LogP contribution in [0.5, 0.6) is 0 Å². The molecule has 2 spiro atoms. The van der Waals surface area contributed by atoms with Gasteiger partial charge in [-0.2, -0.15) is 0 Å². The van der Waals surface area contributed by atoms with Crippen LogP contribution in [-0.4, -0.2) is 114 Å². The van der Waals surface area contributed by atoms with Crippen molar-refractivity contribution in [2.24, 2.45) is 50.7 Å². The number of methoxy groups -OCH3 is 1. The molecule has 2 aliphatic heterocycles. The van der Waals surface area contributed by atoms with E-state index in [0.717, 1.165) is 52.0 Å². The van der Waals surface area contributed by atoms with Crippen LogP contribution in [0.25, 0.3) is 0 Å². The number of hydrogen-bond donors (Lipinski definition) is 2. The molecular formula is C44H78N2O6. The number of aliphatic hydroxyl groups is 2. The topological polar surface area (TPSA) is 83.9 Å². The van der Waals surface area contributed by atoms with E-state index in [2.05, 4.69) is 65.2 Å². The zero-order valence-electron chi connectivity index (χ0n) is 35.3. The first-order chi connectivity index (χ1) is 24.2. The van der Waals surface area contributed by atoms with Crippen LogP contribution in [0.2, 0.25) is 0 Å². The Morgan fingerprint density at radius 3 is 2.25 bits per heavy atom. The number of morpholine rings is 1. The van der Waals surface area contributed by atoms with Crippen LogP contribution in [0.1, 0.15) is 134 Å². The van der Waals surface area contributed by atoms with Crippen LogP contribution in [-0.2, 0) is 18.9 Å². The van der Waals surface area contributed by atoms with Crippen molar-refractivity contribution in [2.75, 3.05) is 46.5 Å². The van der Waals surface area contributed by atoms with Crippen LogP contribution in [0, 0.1) is 50.7 Å². The van der Waals surface area contributed by atoms with Crippen LogP contribution in [0.4, 0.5) is 0 Å². The highest BCUT2D eigenvalue weighted by Crippen LogP contribution is 2.89. The van der Waals surface area contributed by atoms with Crippen LogP contribution in [0.15, 0.2) is 0 Å². The van der Waals surface area contributed by atoms with E-state index in [1.807, 2.05) is 20.8 Å². The smallest absolute Gasteiger partial charge is 0.170 e. The fourth-order valence-electron chi connectivity index (χ4n) is 15.1. The summed E-state index contributed by atoms with van der Waals surface area (Å²) in [5.74, 6) is 1.97. The number of nitrogens with zero attached hydrogens (tertiary/aromatic N) is 2. The second kappa shape index (κ2) is 13.4. The Bertz CT molecular complexity index is 1300. The molecule has 300 valence electrons. The number of hydrogen-bond acceptors (Lipinski definition) is 8. The summed E-state index contributed by atoms with van der Waals surface area (Å²) in [4.78, 5) is 5.23. The van der Waals surface area contributed by atoms with Gasteiger partial charge in [-0.25, -0.2) is 0 Å². The van der Waals surface area contributed by atoms with Crippen molar-refractivity contribution in [2.45, 2.75) is 182 Å². The van der Waals surface area contributed by atoms with Gasteiger partial charge in [0.1, 0.15) is 6.10 Å². The lowest BCUT2D eigenvalue weighted by molar-refractivity contribution is -0.259. The zero-order valence-corrected chi connectivity index (χ0v) is 35.3. The molecule has 0 aromatic carbocycles. The van der Waals surface area contributed by atoms with Crippen LogP contribution >= 0.6 is 0 Å². The summed E-state index contributed by atoms with van der Waals surface area (Å²) >= 11 is 0. The average Bonchev–Trinajstić information content (AvgIpc) is 3.68. The molecule has 5 saturated carbocycles. The van der Waals surface area contributed by atoms with Gasteiger partial charge in [0.05, 0.1) is 37.1 Å². The first-order valence-corrected chi connectivity index (χ1v) is 21.5. The first-order valence-electron chi connectivity index (χ1n) is 21.5. The SMILES string of the molecule is CCO[C@@H](C(C[C@@H](C)[C@H]1C[C@H](O)[C@@]2(C)C3CC[C@H]4C(C)(C)[C@@H](O[C@H]5CN(C6(C)CN(C(C)C)C6)CCO5)CC[C@@]45C[C@@]35CC[C@]12C)OC)C(C)(C)O. The van der Waals surface area contributed by atoms with Crippen molar-refractivity contribution >= 4 is 0 Å². The van der Waals surface area contributed by atoms with Gasteiger partial charge < -0.3 is 29.2 Å². The van der Waals surface area contributed by atoms with E-state index in [9.17, 15) is 10.2 Å². The van der Waals surface area contributed by atoms with Crippen molar-refractivity contribution < 1.29 is 29.2 Å². The second-order valence-electron chi connectivity index (χ2n) is 21.5. The van der Waals surface area contributed by atoms with Gasteiger partial charge in [0.15, 0.2) is 6.29 Å². The Morgan fingerprint density at radius 1 is 0.942 bits per heavy atom. The predicted molar refractivity (Wildman–Crippen MR) is 206 cm³/mol. The molecule has 5 aliphatic carbocycles. The maximum Gasteiger partial charge on any atom is 0.170 e. The lowest BCUT2D eigenvalue weighted by Crippen LogP contribution is -2.72. The Labute approximate surface area is 317 Å². The van der Waals surface area contributed by atoms with Crippen molar-refractivity contribution in [3.05, 3.63) is 0 Å². The summed E-state index contributed by atoms with van der Waals surface area (Å²) < 4.78 is 25.6. The molecule has 0 aromatic rings. The number of aliphatic hydroxyl groups excluding tert-OH is 1. The largest absolute Gasteiger partial charge is 0.393 e. The third kappa shape index (κ3) is 5.78. The first kappa shape index (κ1) is 39.9. The molecule has 2 unspecified atom stereocenters. The maximum atomic E-state index is 12.3. The fraction of sp³-hybridized carbons (Fsp3) is 1.00. The Kier molecular flexibility index (Phi) is 10.3. The van der Waals surface area contributed by atoms with Crippen molar-refractivity contribution in [3.8, 4) is 0 Å². The van der Waals surface area contributed by atoms with Crippen molar-refractivity contribution in [1.82, 2.24) is 9.80 Å². The Morgan fingerprint density at radius 2 is 1.62 bits per heavy atom. The van der Waals surface area contributed by atoms with Crippen molar-refractivity contribution in [3.63, 3.8) is 0 Å². The molecule has 13 atom stereocenters. The highest BCUT2D eigenvalue weighted by Gasteiger charge is 2.83. The van der Waals surface area contributed by atoms with Crippen molar-refractivity contribution in [1.29, 1.82) is 0 Å². The minimum Gasteiger partial charge on any atom is -0.393 e. The van der Waals surface area contributed by atoms with E-state index in [0.29, 0.717) is 47.2 Å². The van der Waals surface area contributed by atoms with Crippen LogP contribution < -0.4 is 0 Å². The lowest BCUT2D eigenvalue weighted by atomic mass is 9.41. The standard InChI is InChI=1S/C44H78N2O6/c1-13-50-37(39(7,8)48)31(49-12)22-29(4)30-23-34(47)42(11)33-15-14-32-38(5,6)35(16-17-43(32)25-44(33,43)19-18-41(30,42)10)52-36-24-46(20-21-51-36)40(9)26-45(27-40)28(2)3/h28-37,47-48H,13-27H2,1-12H3/t29-,30-,31?,32+,33?,34+,35+,36+,37+,41-,42-,43-,44+/m1/s1. The average molecular weight is 731 g/mol. The van der Waals surface area contributed by atoms with Gasteiger partial charge >= 0.3 is 0 Å². The highest BCUT2D eigenvalue weighted by atomic mass is 16.7. The van der Waals surface area contributed by atoms with E-state index in [1.165, 1.54) is 38.5 Å². The third-order valence-corrected chi connectivity index (χ3v) is 18.1. The summed E-state index contributed by atoms with van der Waals surface area (Å²) in [6.45, 7) is 30.6. The molecule has 7 rings (SSSR count). The number of likely N-dealkylation sites (tertiary alicyclic amines) is 1. The van der Waals surface area contributed by atoms with E-state index in [4.69, 9.17) is 18.9 Å². The Balaban J connectivity index is 1.04. The molecule has 7 fully saturated rings. The molecule has 7 aliphatic rings. The zero-order chi connectivity index (χ0) is 37.9. The molecule has 8 nitrogen and oxygen atoms in total. The molecule has 2 heterocycles. The van der Waals surface area contributed by atoms with Crippen LogP contribution in [0.3, 0.4) is 0 Å². The molecule has 2 saturated heterocycles. The van der Waals surface area contributed by atoms with Gasteiger partial charge in [-0.15, -0.1) is 0 Å². The van der Waals surface area contributed by atoms with Gasteiger partial charge in [0.2, 0.25) is 0 Å². The third-order valence-electron chi connectivity index (χ3n) is 18.1. The summed E-state index contributed by atoms with van der Waals surface area (Å²) in [6, 6.07) is 0.604. The summed E-state index contributed by atoms with van der Waals surface area (Å²) in [6.07, 6.45) is 9.55. The Hall–Kier alpha value is -0.320. The molecule has 0 radical (unpaired) electrons. The van der Waals surface area contributed by atoms with Gasteiger partial charge in [-0.1, -0.05) is 34.6 Å². The molecular weight excluding hydrogens is 652 g/mol. The summed E-state index contributed by atoms with van der Waals surface area (Å²) in [7, 11) is 1.76. The number of ether oxygens (including phenoxy) is 4. The van der Waals surface area contributed by atoms with Gasteiger partial charge in [-0.3, -0.25) is 9.80 Å². The quantitative estimate of drug-likeness (QED) is 0.220. The van der Waals surface area contributed by atoms with Gasteiger partial charge in [-0.05, 0) is 145 Å². The molecule has 8 heteroatoms. The monoisotopic (exact) mass is 731 g/mol. The molecule has 0 bridgehead atoms. The highest BCUT2D eigenvalue weighted by molar-refractivity contribution is 5.31. The minimum atomic E-state index is -0.994. The fourth-order valence-corrected chi connectivity index (χ4v) is 15.1. The normalized spacial score (nSPS) is 46.0. The van der Waals surface area contributed by atoms with E-state index >= 15 is 0 Å². The molecule has 0 aromatic heterocycles. The number of fused-ring (bicyclic) bond motifs is 2. The van der Waals surface area contributed by atoms with E-state index in [-0.39, 0.29) is 52.5 Å². The molecule has 0 amide bonds. The van der Waals surface area contributed by atoms with E-state index < -0.39 is 5.60 Å². The summed E-state index contributed by atoms with van der Waals surface area (Å²) in [5, 5.41) is 23.3. The summed E-state index contributed by atoms with van der Waals surface area (Å²) in [5.41, 5.74) is 0.0121.